The Labute approximate surface area is 134 Å². The van der Waals surface area contributed by atoms with Crippen LogP contribution in [0.4, 0.5) is 0 Å². The van der Waals surface area contributed by atoms with Gasteiger partial charge in [-0.05, 0) is 39.2 Å². The predicted molar refractivity (Wildman–Crippen MR) is 89.0 cm³/mol. The second-order valence-corrected chi connectivity index (χ2v) is 7.04. The highest BCUT2D eigenvalue weighted by atomic mass is 32.1. The molecule has 3 rings (SSSR count). The van der Waals surface area contributed by atoms with Crippen molar-refractivity contribution in [1.29, 1.82) is 0 Å². The molecule has 22 heavy (non-hydrogen) atoms. The number of carbonyl (C=O) groups is 1. The number of nitrogens with zero attached hydrogens (tertiary/aromatic N) is 2. The van der Waals surface area contributed by atoms with Crippen LogP contribution in [0.5, 0.6) is 0 Å². The van der Waals surface area contributed by atoms with E-state index in [-0.39, 0.29) is 18.0 Å². The summed E-state index contributed by atoms with van der Waals surface area (Å²) in [5.41, 5.74) is 8.56. The van der Waals surface area contributed by atoms with Gasteiger partial charge in [-0.1, -0.05) is 0 Å². The van der Waals surface area contributed by atoms with Gasteiger partial charge in [-0.25, -0.2) is 4.98 Å². The molecule has 3 heterocycles. The molecule has 1 aliphatic rings. The van der Waals surface area contributed by atoms with Crippen molar-refractivity contribution in [1.82, 2.24) is 14.9 Å². The summed E-state index contributed by atoms with van der Waals surface area (Å²) >= 11 is 1.61. The first-order valence-corrected chi connectivity index (χ1v) is 8.61. The molecule has 2 aromatic heterocycles. The van der Waals surface area contributed by atoms with Gasteiger partial charge < -0.3 is 15.6 Å². The molecule has 3 N–H and O–H groups in total. The second kappa shape index (κ2) is 6.22. The van der Waals surface area contributed by atoms with E-state index in [0.717, 1.165) is 42.1 Å². The fourth-order valence-electron chi connectivity index (χ4n) is 3.07. The number of nitrogens with one attached hydrogen (secondary N) is 1. The molecule has 1 saturated heterocycles. The van der Waals surface area contributed by atoms with E-state index >= 15 is 0 Å². The zero-order valence-corrected chi connectivity index (χ0v) is 13.8. The number of amides is 1. The minimum atomic E-state index is -0.000118. The lowest BCUT2D eigenvalue weighted by Gasteiger charge is -2.37. The highest BCUT2D eigenvalue weighted by Crippen LogP contribution is 2.25. The molecule has 1 fully saturated rings. The highest BCUT2D eigenvalue weighted by molar-refractivity contribution is 7.09. The molecule has 0 saturated carbocycles. The number of hydrogen-bond donors (Lipinski definition) is 2. The first kappa shape index (κ1) is 15.2. The average molecular weight is 318 g/mol. The summed E-state index contributed by atoms with van der Waals surface area (Å²) in [4.78, 5) is 22.3. The topological polar surface area (TPSA) is 75.0 Å². The lowest BCUT2D eigenvalue weighted by molar-refractivity contribution is 0.0578. The summed E-state index contributed by atoms with van der Waals surface area (Å²) in [6.45, 7) is 4.75. The van der Waals surface area contributed by atoms with Gasteiger partial charge in [0.1, 0.15) is 5.69 Å². The van der Waals surface area contributed by atoms with Crippen LogP contribution in [-0.2, 0) is 0 Å². The molecule has 0 aliphatic carbocycles. The molecule has 0 aromatic carbocycles. The summed E-state index contributed by atoms with van der Waals surface area (Å²) in [6.07, 6.45) is 5.03. The zero-order chi connectivity index (χ0) is 15.7. The van der Waals surface area contributed by atoms with Crippen molar-refractivity contribution in [3.05, 3.63) is 28.3 Å². The largest absolute Gasteiger partial charge is 0.357 e. The lowest BCUT2D eigenvalue weighted by atomic mass is 9.96. The van der Waals surface area contributed by atoms with Crippen molar-refractivity contribution in [2.45, 2.75) is 45.2 Å². The lowest BCUT2D eigenvalue weighted by Crippen LogP contribution is -2.51. The highest BCUT2D eigenvalue weighted by Gasteiger charge is 2.30. The predicted octanol–water partition coefficient (Wildman–Crippen LogP) is 2.79. The number of aromatic amines is 1. The molecule has 0 radical (unpaired) electrons. The molecule has 2 aromatic rings. The minimum absolute atomic E-state index is 0.000118. The first-order valence-electron chi connectivity index (χ1n) is 7.73. The SMILES string of the molecule is Cc1nc(-c2c[nH]c(C(=O)N3CCCCC3C(C)N)c2)cs1. The van der Waals surface area contributed by atoms with Gasteiger partial charge in [0.25, 0.3) is 5.91 Å². The number of rotatable bonds is 3. The Morgan fingerprint density at radius 2 is 2.36 bits per heavy atom. The molecule has 118 valence electrons. The van der Waals surface area contributed by atoms with Crippen molar-refractivity contribution in [2.24, 2.45) is 5.73 Å². The maximum atomic E-state index is 12.8. The third kappa shape index (κ3) is 2.94. The van der Waals surface area contributed by atoms with Gasteiger partial charge in [-0.3, -0.25) is 4.79 Å². The van der Waals surface area contributed by atoms with Gasteiger partial charge in [0, 0.05) is 35.8 Å². The molecular formula is C16H22N4OS. The van der Waals surface area contributed by atoms with Gasteiger partial charge in [0.2, 0.25) is 0 Å². The van der Waals surface area contributed by atoms with Crippen LogP contribution in [0.1, 0.15) is 41.7 Å². The molecule has 2 unspecified atom stereocenters. The molecule has 2 atom stereocenters. The number of H-pyrrole nitrogens is 1. The van der Waals surface area contributed by atoms with E-state index in [1.807, 2.05) is 36.4 Å². The van der Waals surface area contributed by atoms with Gasteiger partial charge in [0.05, 0.1) is 10.7 Å². The Morgan fingerprint density at radius 3 is 3.05 bits per heavy atom. The van der Waals surface area contributed by atoms with Gasteiger partial charge >= 0.3 is 0 Å². The van der Waals surface area contributed by atoms with Crippen molar-refractivity contribution < 1.29 is 4.79 Å². The van der Waals surface area contributed by atoms with Gasteiger partial charge in [-0.15, -0.1) is 11.3 Å². The number of carbonyl (C=O) groups excluding carboxylic acids is 1. The number of nitrogens with two attached hydrogens (primary N) is 1. The van der Waals surface area contributed by atoms with Crippen molar-refractivity contribution in [3.8, 4) is 11.3 Å². The smallest absolute Gasteiger partial charge is 0.270 e. The first-order chi connectivity index (χ1) is 10.6. The Balaban J connectivity index is 1.81. The standard InChI is InChI=1S/C16H22N4OS/c1-10(17)15-5-3-4-6-20(15)16(21)13-7-12(8-18-13)14-9-22-11(2)19-14/h7-10,15,18H,3-6,17H2,1-2H3. The molecule has 1 amide bonds. The molecule has 0 bridgehead atoms. The molecule has 6 heteroatoms. The fourth-order valence-corrected chi connectivity index (χ4v) is 3.69. The zero-order valence-electron chi connectivity index (χ0n) is 13.0. The second-order valence-electron chi connectivity index (χ2n) is 5.97. The summed E-state index contributed by atoms with van der Waals surface area (Å²) in [7, 11) is 0. The Bertz CT molecular complexity index is 661. The minimum Gasteiger partial charge on any atom is -0.357 e. The number of aromatic nitrogens is 2. The van der Waals surface area contributed by atoms with Crippen LogP contribution in [0.3, 0.4) is 0 Å². The van der Waals surface area contributed by atoms with Crippen LogP contribution in [-0.4, -0.2) is 39.4 Å². The van der Waals surface area contributed by atoms with E-state index in [0.29, 0.717) is 5.69 Å². The number of piperidine rings is 1. The van der Waals surface area contributed by atoms with E-state index < -0.39 is 0 Å². The summed E-state index contributed by atoms with van der Waals surface area (Å²) in [5, 5.41) is 3.04. The van der Waals surface area contributed by atoms with Gasteiger partial charge in [-0.2, -0.15) is 0 Å². The third-order valence-corrected chi connectivity index (χ3v) is 5.02. The van der Waals surface area contributed by atoms with E-state index in [1.165, 1.54) is 0 Å². The monoisotopic (exact) mass is 318 g/mol. The fraction of sp³-hybridized carbons (Fsp3) is 0.500. The summed E-state index contributed by atoms with van der Waals surface area (Å²) < 4.78 is 0. The van der Waals surface area contributed by atoms with E-state index in [2.05, 4.69) is 9.97 Å². The van der Waals surface area contributed by atoms with Crippen LogP contribution in [0.15, 0.2) is 17.6 Å². The average Bonchev–Trinajstić information content (AvgIpc) is 3.15. The quantitative estimate of drug-likeness (QED) is 0.914. The third-order valence-electron chi connectivity index (χ3n) is 4.25. The molecule has 0 spiro atoms. The Morgan fingerprint density at radius 1 is 1.55 bits per heavy atom. The van der Waals surface area contributed by atoms with E-state index in [4.69, 9.17) is 5.73 Å². The van der Waals surface area contributed by atoms with E-state index in [1.54, 1.807) is 11.3 Å². The van der Waals surface area contributed by atoms with Crippen LogP contribution < -0.4 is 5.73 Å². The number of likely N-dealkylation sites (tertiary alicyclic amines) is 1. The van der Waals surface area contributed by atoms with Crippen molar-refractivity contribution >= 4 is 17.2 Å². The van der Waals surface area contributed by atoms with Crippen molar-refractivity contribution in [2.75, 3.05) is 6.54 Å². The van der Waals surface area contributed by atoms with Crippen LogP contribution >= 0.6 is 11.3 Å². The molecular weight excluding hydrogens is 296 g/mol. The normalized spacial score (nSPS) is 20.1. The maximum Gasteiger partial charge on any atom is 0.270 e. The number of aryl methyl sites for hydroxylation is 1. The van der Waals surface area contributed by atoms with Crippen LogP contribution in [0.25, 0.3) is 11.3 Å². The van der Waals surface area contributed by atoms with Gasteiger partial charge in [0.15, 0.2) is 0 Å². The summed E-state index contributed by atoms with van der Waals surface area (Å²) in [6, 6.07) is 2.03. The molecule has 5 nitrogen and oxygen atoms in total. The van der Waals surface area contributed by atoms with Crippen LogP contribution in [0, 0.1) is 6.92 Å². The maximum absolute atomic E-state index is 12.8. The number of hydrogen-bond acceptors (Lipinski definition) is 4. The van der Waals surface area contributed by atoms with Crippen LogP contribution in [0.2, 0.25) is 0 Å². The summed E-state index contributed by atoms with van der Waals surface area (Å²) in [5.74, 6) is 0.0419. The number of thiazole rings is 1. The Kier molecular flexibility index (Phi) is 4.31. The molecule has 1 aliphatic heterocycles. The van der Waals surface area contributed by atoms with E-state index in [9.17, 15) is 4.79 Å². The Hall–Kier alpha value is -1.66. The van der Waals surface area contributed by atoms with Crippen molar-refractivity contribution in [3.63, 3.8) is 0 Å².